The number of urea groups is 1. The molecular weight excluding hydrogens is 276 g/mol. The van der Waals surface area contributed by atoms with Gasteiger partial charge in [-0.05, 0) is 18.8 Å². The van der Waals surface area contributed by atoms with Crippen LogP contribution < -0.4 is 5.32 Å². The number of benzene rings is 1. The Labute approximate surface area is 113 Å². The lowest BCUT2D eigenvalue weighted by Crippen LogP contribution is -2.41. The topological polar surface area (TPSA) is 32.3 Å². The minimum absolute atomic E-state index is 0.100. The van der Waals surface area contributed by atoms with Gasteiger partial charge in [0.1, 0.15) is 5.69 Å². The van der Waals surface area contributed by atoms with Crippen LogP contribution in [0.25, 0.3) is 0 Å². The van der Waals surface area contributed by atoms with Crippen LogP contribution >= 0.6 is 0 Å². The molecule has 1 saturated heterocycles. The van der Waals surface area contributed by atoms with E-state index in [9.17, 15) is 22.4 Å². The summed E-state index contributed by atoms with van der Waals surface area (Å²) in [7, 11) is 0. The average molecular weight is 290 g/mol. The van der Waals surface area contributed by atoms with E-state index in [1.165, 1.54) is 4.90 Å². The van der Waals surface area contributed by atoms with Crippen LogP contribution in [0.3, 0.4) is 0 Å². The number of nitrogens with one attached hydrogen (secondary N) is 1. The Morgan fingerprint density at radius 2 is 1.65 bits per heavy atom. The molecule has 7 heteroatoms. The van der Waals surface area contributed by atoms with Gasteiger partial charge < -0.3 is 10.2 Å². The van der Waals surface area contributed by atoms with E-state index in [0.29, 0.717) is 19.0 Å². The van der Waals surface area contributed by atoms with Crippen molar-refractivity contribution in [2.75, 3.05) is 18.4 Å². The number of anilines is 1. The van der Waals surface area contributed by atoms with Crippen LogP contribution in [0.1, 0.15) is 19.8 Å². The maximum atomic E-state index is 13.4. The molecule has 3 nitrogen and oxygen atoms in total. The second-order valence-electron chi connectivity index (χ2n) is 4.94. The van der Waals surface area contributed by atoms with Crippen molar-refractivity contribution >= 4 is 11.7 Å². The summed E-state index contributed by atoms with van der Waals surface area (Å²) in [6.45, 7) is 2.92. The zero-order valence-electron chi connectivity index (χ0n) is 10.9. The summed E-state index contributed by atoms with van der Waals surface area (Å²) in [5.74, 6) is -5.85. The zero-order valence-corrected chi connectivity index (χ0v) is 10.9. The molecule has 0 atom stereocenters. The Hall–Kier alpha value is -1.79. The lowest BCUT2D eigenvalue weighted by atomic mass is 10.00. The first kappa shape index (κ1) is 14.6. The lowest BCUT2D eigenvalue weighted by Gasteiger charge is -2.30. The Balaban J connectivity index is 2.16. The molecule has 0 spiro atoms. The summed E-state index contributed by atoms with van der Waals surface area (Å²) in [5, 5.41) is 1.90. The Kier molecular flexibility index (Phi) is 4.15. The van der Waals surface area contributed by atoms with Crippen molar-refractivity contribution in [2.45, 2.75) is 19.8 Å². The highest BCUT2D eigenvalue weighted by Crippen LogP contribution is 2.25. The highest BCUT2D eigenvalue weighted by atomic mass is 19.2. The van der Waals surface area contributed by atoms with Crippen LogP contribution in [0.2, 0.25) is 0 Å². The lowest BCUT2D eigenvalue weighted by molar-refractivity contribution is 0.186. The maximum absolute atomic E-state index is 13.4. The molecule has 2 rings (SSSR count). The third kappa shape index (κ3) is 2.86. The summed E-state index contributed by atoms with van der Waals surface area (Å²) in [6.07, 6.45) is 1.55. The monoisotopic (exact) mass is 290 g/mol. The number of likely N-dealkylation sites (tertiary alicyclic amines) is 1. The Morgan fingerprint density at radius 1 is 1.15 bits per heavy atom. The molecular formula is C13H14F4N2O. The normalized spacial score (nSPS) is 16.4. The number of hydrogen-bond acceptors (Lipinski definition) is 1. The smallest absolute Gasteiger partial charge is 0.322 e. The summed E-state index contributed by atoms with van der Waals surface area (Å²) in [4.78, 5) is 13.2. The third-order valence-corrected chi connectivity index (χ3v) is 3.41. The van der Waals surface area contributed by atoms with Crippen LogP contribution in [0, 0.1) is 29.2 Å². The van der Waals surface area contributed by atoms with Crippen molar-refractivity contribution in [1.82, 2.24) is 4.90 Å². The van der Waals surface area contributed by atoms with Crippen LogP contribution in [-0.2, 0) is 0 Å². The molecule has 110 valence electrons. The van der Waals surface area contributed by atoms with Gasteiger partial charge in [0, 0.05) is 19.2 Å². The first-order valence-corrected chi connectivity index (χ1v) is 6.29. The van der Waals surface area contributed by atoms with E-state index in [2.05, 4.69) is 0 Å². The van der Waals surface area contributed by atoms with E-state index in [1.807, 2.05) is 12.2 Å². The Morgan fingerprint density at radius 3 is 2.15 bits per heavy atom. The standard InChI is InChI=1S/C13H14F4N2O/c1-7-2-4-19(5-3-7)13(20)18-12-10(16)8(14)6-9(15)11(12)17/h6-7H,2-5H2,1H3,(H,18,20). The van der Waals surface area contributed by atoms with E-state index >= 15 is 0 Å². The van der Waals surface area contributed by atoms with Crippen molar-refractivity contribution in [1.29, 1.82) is 0 Å². The number of carbonyl (C=O) groups is 1. The van der Waals surface area contributed by atoms with Gasteiger partial charge in [-0.15, -0.1) is 0 Å². The molecule has 1 aromatic carbocycles. The van der Waals surface area contributed by atoms with Gasteiger partial charge in [-0.1, -0.05) is 6.92 Å². The number of halogens is 4. The molecule has 1 aromatic rings. The van der Waals surface area contributed by atoms with Crippen LogP contribution in [0.5, 0.6) is 0 Å². The van der Waals surface area contributed by atoms with E-state index < -0.39 is 35.0 Å². The molecule has 2 amide bonds. The molecule has 20 heavy (non-hydrogen) atoms. The van der Waals surface area contributed by atoms with E-state index in [1.54, 1.807) is 0 Å². The van der Waals surface area contributed by atoms with E-state index in [0.717, 1.165) is 12.8 Å². The van der Waals surface area contributed by atoms with Crippen molar-refractivity contribution in [2.24, 2.45) is 5.92 Å². The second-order valence-corrected chi connectivity index (χ2v) is 4.94. The van der Waals surface area contributed by atoms with Crippen molar-refractivity contribution in [3.05, 3.63) is 29.3 Å². The molecule has 1 heterocycles. The van der Waals surface area contributed by atoms with Crippen LogP contribution in [0.4, 0.5) is 28.0 Å². The summed E-state index contributed by atoms with van der Waals surface area (Å²) >= 11 is 0. The van der Waals surface area contributed by atoms with E-state index in [-0.39, 0.29) is 6.07 Å². The summed E-state index contributed by atoms with van der Waals surface area (Å²) in [6, 6.07) is -0.664. The first-order valence-electron chi connectivity index (χ1n) is 6.29. The SMILES string of the molecule is CC1CCN(C(=O)Nc2c(F)c(F)cc(F)c2F)CC1. The van der Waals surface area contributed by atoms with Gasteiger partial charge >= 0.3 is 6.03 Å². The fourth-order valence-electron chi connectivity index (χ4n) is 2.08. The number of rotatable bonds is 1. The number of nitrogens with zero attached hydrogens (tertiary/aromatic N) is 1. The largest absolute Gasteiger partial charge is 0.325 e. The molecule has 0 radical (unpaired) electrons. The predicted octanol–water partition coefficient (Wildman–Crippen LogP) is 3.51. The molecule has 0 bridgehead atoms. The molecule has 1 fully saturated rings. The summed E-state index contributed by atoms with van der Waals surface area (Å²) in [5.41, 5.74) is -1.09. The molecule has 0 aromatic heterocycles. The minimum atomic E-state index is -1.61. The number of hydrogen-bond donors (Lipinski definition) is 1. The van der Waals surface area contributed by atoms with E-state index in [4.69, 9.17) is 0 Å². The molecule has 0 saturated carbocycles. The first-order chi connectivity index (χ1) is 9.40. The molecule has 1 N–H and O–H groups in total. The second kappa shape index (κ2) is 5.68. The average Bonchev–Trinajstić information content (AvgIpc) is 2.42. The van der Waals surface area contributed by atoms with Gasteiger partial charge in [0.25, 0.3) is 0 Å². The van der Waals surface area contributed by atoms with Crippen molar-refractivity contribution < 1.29 is 22.4 Å². The number of amides is 2. The van der Waals surface area contributed by atoms with Gasteiger partial charge in [-0.25, -0.2) is 22.4 Å². The summed E-state index contributed by atoms with van der Waals surface area (Å²) < 4.78 is 52.9. The molecule has 1 aliphatic heterocycles. The minimum Gasteiger partial charge on any atom is -0.325 e. The zero-order chi connectivity index (χ0) is 14.9. The highest BCUT2D eigenvalue weighted by molar-refractivity contribution is 5.89. The van der Waals surface area contributed by atoms with Gasteiger partial charge in [0.2, 0.25) is 0 Å². The van der Waals surface area contributed by atoms with Gasteiger partial charge in [-0.2, -0.15) is 0 Å². The number of piperidine rings is 1. The fraction of sp³-hybridized carbons (Fsp3) is 0.462. The third-order valence-electron chi connectivity index (χ3n) is 3.41. The molecule has 1 aliphatic rings. The van der Waals surface area contributed by atoms with Crippen LogP contribution in [-0.4, -0.2) is 24.0 Å². The predicted molar refractivity (Wildman–Crippen MR) is 65.3 cm³/mol. The number of carbonyl (C=O) groups excluding carboxylic acids is 1. The van der Waals surface area contributed by atoms with Crippen LogP contribution in [0.15, 0.2) is 6.07 Å². The quantitative estimate of drug-likeness (QED) is 0.623. The maximum Gasteiger partial charge on any atom is 0.322 e. The molecule has 0 unspecified atom stereocenters. The van der Waals surface area contributed by atoms with Crippen molar-refractivity contribution in [3.8, 4) is 0 Å². The van der Waals surface area contributed by atoms with Gasteiger partial charge in [0.05, 0.1) is 0 Å². The van der Waals surface area contributed by atoms with Gasteiger partial charge in [-0.3, -0.25) is 0 Å². The molecule has 0 aliphatic carbocycles. The van der Waals surface area contributed by atoms with Gasteiger partial charge in [0.15, 0.2) is 23.3 Å². The fourth-order valence-corrected chi connectivity index (χ4v) is 2.08. The Bertz CT molecular complexity index is 501. The highest BCUT2D eigenvalue weighted by Gasteiger charge is 2.25. The van der Waals surface area contributed by atoms with Crippen molar-refractivity contribution in [3.63, 3.8) is 0 Å².